The highest BCUT2D eigenvalue weighted by molar-refractivity contribution is 5.60. The van der Waals surface area contributed by atoms with E-state index in [0.29, 0.717) is 11.8 Å². The van der Waals surface area contributed by atoms with Crippen LogP contribution in [0, 0.1) is 0 Å². The number of benzene rings is 1. The molecule has 118 valence electrons. The first-order chi connectivity index (χ1) is 10.7. The standard InChI is InChI=1S/C16H24N6/c1-4-5-6-11-17-16-20-15(12-18-21-16)19-13-7-9-14(10-8-13)22(2)3/h7-10,12H,4-6,11H2,1-3H3,(H2,17,19,20,21). The van der Waals surface area contributed by atoms with Crippen molar-refractivity contribution in [1.82, 2.24) is 15.2 Å². The third-order valence-corrected chi connectivity index (χ3v) is 3.28. The van der Waals surface area contributed by atoms with E-state index in [1.54, 1.807) is 6.20 Å². The molecule has 1 aromatic carbocycles. The van der Waals surface area contributed by atoms with Crippen LogP contribution in [0.2, 0.25) is 0 Å². The van der Waals surface area contributed by atoms with E-state index in [1.165, 1.54) is 12.8 Å². The summed E-state index contributed by atoms with van der Waals surface area (Å²) in [6.45, 7) is 3.06. The number of aromatic nitrogens is 3. The zero-order chi connectivity index (χ0) is 15.8. The van der Waals surface area contributed by atoms with Crippen molar-refractivity contribution < 1.29 is 0 Å². The molecule has 1 aromatic heterocycles. The first kappa shape index (κ1) is 16.0. The summed E-state index contributed by atoms with van der Waals surface area (Å²) in [6.07, 6.45) is 5.14. The molecule has 0 aliphatic rings. The van der Waals surface area contributed by atoms with E-state index in [4.69, 9.17) is 0 Å². The van der Waals surface area contributed by atoms with E-state index in [2.05, 4.69) is 49.8 Å². The first-order valence-electron chi connectivity index (χ1n) is 7.67. The summed E-state index contributed by atoms with van der Waals surface area (Å²) in [5.74, 6) is 1.25. The Morgan fingerprint density at radius 1 is 1.09 bits per heavy atom. The maximum atomic E-state index is 4.42. The van der Waals surface area contributed by atoms with E-state index in [-0.39, 0.29) is 0 Å². The van der Waals surface area contributed by atoms with E-state index in [9.17, 15) is 0 Å². The van der Waals surface area contributed by atoms with Gasteiger partial charge in [0.05, 0.1) is 6.20 Å². The van der Waals surface area contributed by atoms with Crippen molar-refractivity contribution in [3.8, 4) is 0 Å². The van der Waals surface area contributed by atoms with Gasteiger partial charge in [0.25, 0.3) is 0 Å². The Morgan fingerprint density at radius 2 is 1.86 bits per heavy atom. The van der Waals surface area contributed by atoms with Gasteiger partial charge in [-0.1, -0.05) is 19.8 Å². The molecular formula is C16H24N6. The average Bonchev–Trinajstić information content (AvgIpc) is 2.52. The molecule has 0 radical (unpaired) electrons. The molecule has 6 nitrogen and oxygen atoms in total. The van der Waals surface area contributed by atoms with Crippen molar-refractivity contribution in [1.29, 1.82) is 0 Å². The summed E-state index contributed by atoms with van der Waals surface area (Å²) < 4.78 is 0. The van der Waals surface area contributed by atoms with Crippen LogP contribution >= 0.6 is 0 Å². The molecule has 6 heteroatoms. The quantitative estimate of drug-likeness (QED) is 0.729. The lowest BCUT2D eigenvalue weighted by Gasteiger charge is -2.13. The smallest absolute Gasteiger partial charge is 0.244 e. The maximum Gasteiger partial charge on any atom is 0.244 e. The Bertz CT molecular complexity index is 567. The average molecular weight is 300 g/mol. The van der Waals surface area contributed by atoms with Crippen LogP contribution in [0.25, 0.3) is 0 Å². The van der Waals surface area contributed by atoms with Crippen LogP contribution in [0.5, 0.6) is 0 Å². The van der Waals surface area contributed by atoms with Gasteiger partial charge in [-0.25, -0.2) is 0 Å². The minimum atomic E-state index is 0.561. The lowest BCUT2D eigenvalue weighted by atomic mass is 10.2. The molecule has 0 saturated heterocycles. The lowest BCUT2D eigenvalue weighted by Crippen LogP contribution is -2.08. The molecule has 0 saturated carbocycles. The molecule has 0 spiro atoms. The number of nitrogens with one attached hydrogen (secondary N) is 2. The minimum absolute atomic E-state index is 0.561. The number of hydrogen-bond acceptors (Lipinski definition) is 6. The van der Waals surface area contributed by atoms with Crippen molar-refractivity contribution >= 4 is 23.1 Å². The van der Waals surface area contributed by atoms with Gasteiger partial charge in [-0.05, 0) is 30.7 Å². The zero-order valence-corrected chi connectivity index (χ0v) is 13.5. The second kappa shape index (κ2) is 8.17. The van der Waals surface area contributed by atoms with Crippen molar-refractivity contribution in [3.63, 3.8) is 0 Å². The Kier molecular flexibility index (Phi) is 5.94. The first-order valence-corrected chi connectivity index (χ1v) is 7.67. The number of rotatable bonds is 8. The Balaban J connectivity index is 1.94. The lowest BCUT2D eigenvalue weighted by molar-refractivity contribution is 0.738. The Labute approximate surface area is 132 Å². The molecule has 0 unspecified atom stereocenters. The fourth-order valence-corrected chi connectivity index (χ4v) is 2.00. The largest absolute Gasteiger partial charge is 0.378 e. The van der Waals surface area contributed by atoms with Gasteiger partial charge in [-0.3, -0.25) is 0 Å². The predicted molar refractivity (Wildman–Crippen MR) is 91.9 cm³/mol. The number of nitrogens with zero attached hydrogens (tertiary/aromatic N) is 4. The molecule has 0 bridgehead atoms. The molecule has 2 aromatic rings. The van der Waals surface area contributed by atoms with Crippen molar-refractivity contribution in [2.45, 2.75) is 26.2 Å². The summed E-state index contributed by atoms with van der Waals surface area (Å²) in [7, 11) is 4.04. The van der Waals surface area contributed by atoms with Crippen LogP contribution in [-0.2, 0) is 0 Å². The number of unbranched alkanes of at least 4 members (excludes halogenated alkanes) is 2. The van der Waals surface area contributed by atoms with E-state index in [1.807, 2.05) is 26.2 Å². The number of anilines is 4. The van der Waals surface area contributed by atoms with Crippen LogP contribution in [-0.4, -0.2) is 35.8 Å². The van der Waals surface area contributed by atoms with Gasteiger partial charge < -0.3 is 15.5 Å². The monoisotopic (exact) mass is 300 g/mol. The van der Waals surface area contributed by atoms with Crippen molar-refractivity contribution in [2.75, 3.05) is 36.2 Å². The molecule has 2 N–H and O–H groups in total. The van der Waals surface area contributed by atoms with Crippen molar-refractivity contribution in [2.24, 2.45) is 0 Å². The SMILES string of the molecule is CCCCCNc1nncc(Nc2ccc(N(C)C)cc2)n1. The Hall–Kier alpha value is -2.37. The van der Waals surface area contributed by atoms with Crippen LogP contribution in [0.3, 0.4) is 0 Å². The zero-order valence-electron chi connectivity index (χ0n) is 13.5. The predicted octanol–water partition coefficient (Wildman–Crippen LogP) is 3.28. The molecule has 2 rings (SSSR count). The summed E-state index contributed by atoms with van der Waals surface area (Å²) >= 11 is 0. The van der Waals surface area contributed by atoms with Gasteiger partial charge in [-0.2, -0.15) is 10.1 Å². The van der Waals surface area contributed by atoms with Gasteiger partial charge in [-0.15, -0.1) is 5.10 Å². The molecule has 1 heterocycles. The van der Waals surface area contributed by atoms with E-state index in [0.717, 1.165) is 24.3 Å². The molecule has 0 aliphatic carbocycles. The second-order valence-corrected chi connectivity index (χ2v) is 5.37. The summed E-state index contributed by atoms with van der Waals surface area (Å²) in [5, 5.41) is 14.4. The second-order valence-electron chi connectivity index (χ2n) is 5.37. The molecule has 0 aliphatic heterocycles. The van der Waals surface area contributed by atoms with Gasteiger partial charge in [0.1, 0.15) is 0 Å². The third kappa shape index (κ3) is 4.87. The van der Waals surface area contributed by atoms with Gasteiger partial charge in [0.15, 0.2) is 5.82 Å². The van der Waals surface area contributed by atoms with Gasteiger partial charge in [0.2, 0.25) is 5.95 Å². The van der Waals surface area contributed by atoms with Crippen LogP contribution in [0.1, 0.15) is 26.2 Å². The highest BCUT2D eigenvalue weighted by Gasteiger charge is 2.01. The Morgan fingerprint density at radius 3 is 2.55 bits per heavy atom. The number of hydrogen-bond donors (Lipinski definition) is 2. The molecule has 22 heavy (non-hydrogen) atoms. The third-order valence-electron chi connectivity index (χ3n) is 3.28. The van der Waals surface area contributed by atoms with E-state index < -0.39 is 0 Å². The van der Waals surface area contributed by atoms with Crippen LogP contribution < -0.4 is 15.5 Å². The van der Waals surface area contributed by atoms with Crippen LogP contribution in [0.4, 0.5) is 23.1 Å². The molecule has 0 fully saturated rings. The molecule has 0 atom stereocenters. The molecular weight excluding hydrogens is 276 g/mol. The maximum absolute atomic E-state index is 4.42. The minimum Gasteiger partial charge on any atom is -0.378 e. The summed E-state index contributed by atoms with van der Waals surface area (Å²) in [6, 6.07) is 8.15. The fourth-order valence-electron chi connectivity index (χ4n) is 2.00. The fraction of sp³-hybridized carbons (Fsp3) is 0.438. The summed E-state index contributed by atoms with van der Waals surface area (Å²) in [4.78, 5) is 6.48. The van der Waals surface area contributed by atoms with E-state index >= 15 is 0 Å². The van der Waals surface area contributed by atoms with Crippen LogP contribution in [0.15, 0.2) is 30.5 Å². The highest BCUT2D eigenvalue weighted by Crippen LogP contribution is 2.18. The highest BCUT2D eigenvalue weighted by atomic mass is 15.3. The summed E-state index contributed by atoms with van der Waals surface area (Å²) in [5.41, 5.74) is 2.13. The normalized spacial score (nSPS) is 10.3. The van der Waals surface area contributed by atoms with Gasteiger partial charge in [0, 0.05) is 32.0 Å². The molecule has 0 amide bonds. The van der Waals surface area contributed by atoms with Gasteiger partial charge >= 0.3 is 0 Å². The van der Waals surface area contributed by atoms with Crippen molar-refractivity contribution in [3.05, 3.63) is 30.5 Å². The topological polar surface area (TPSA) is 66.0 Å².